The van der Waals surface area contributed by atoms with Gasteiger partial charge in [0.1, 0.15) is 0 Å². The molecule has 0 N–H and O–H groups in total. The molecule has 0 radical (unpaired) electrons. The van der Waals surface area contributed by atoms with E-state index in [9.17, 15) is 0 Å². The SMILES string of the molecule is CC(C)c1noc(C(C)N2CCN(Cc3ccc(C#N)cc3)CC2)n1. The van der Waals surface area contributed by atoms with Gasteiger partial charge in [0.2, 0.25) is 5.89 Å². The van der Waals surface area contributed by atoms with Crippen LogP contribution in [0.1, 0.15) is 55.6 Å². The van der Waals surface area contributed by atoms with Crippen LogP contribution in [0.15, 0.2) is 28.8 Å². The number of hydrogen-bond donors (Lipinski definition) is 0. The minimum absolute atomic E-state index is 0.150. The van der Waals surface area contributed by atoms with Gasteiger partial charge in [0, 0.05) is 38.6 Å². The monoisotopic (exact) mass is 339 g/mol. The van der Waals surface area contributed by atoms with Crippen molar-refractivity contribution in [1.82, 2.24) is 19.9 Å². The Balaban J connectivity index is 1.53. The van der Waals surface area contributed by atoms with E-state index in [1.54, 1.807) is 0 Å². The molecule has 1 aliphatic heterocycles. The summed E-state index contributed by atoms with van der Waals surface area (Å²) in [4.78, 5) is 9.37. The molecule has 1 aromatic heterocycles. The van der Waals surface area contributed by atoms with Crippen LogP contribution in [0, 0.1) is 11.3 Å². The maximum absolute atomic E-state index is 8.87. The summed E-state index contributed by atoms with van der Waals surface area (Å²) in [5, 5.41) is 12.9. The molecule has 0 aliphatic carbocycles. The van der Waals surface area contributed by atoms with Gasteiger partial charge in [-0.2, -0.15) is 10.2 Å². The molecule has 1 unspecified atom stereocenters. The van der Waals surface area contributed by atoms with E-state index in [-0.39, 0.29) is 12.0 Å². The first kappa shape index (κ1) is 17.6. The Morgan fingerprint density at radius 2 is 1.80 bits per heavy atom. The van der Waals surface area contributed by atoms with Crippen LogP contribution < -0.4 is 0 Å². The Labute approximate surface area is 149 Å². The van der Waals surface area contributed by atoms with Crippen LogP contribution in [-0.4, -0.2) is 46.1 Å². The first-order chi connectivity index (χ1) is 12.1. The fourth-order valence-corrected chi connectivity index (χ4v) is 3.06. The Morgan fingerprint density at radius 1 is 1.12 bits per heavy atom. The molecule has 1 fully saturated rings. The fraction of sp³-hybridized carbons (Fsp3) is 0.526. The highest BCUT2D eigenvalue weighted by atomic mass is 16.5. The molecule has 1 aliphatic rings. The minimum atomic E-state index is 0.150. The van der Waals surface area contributed by atoms with Crippen LogP contribution in [0.5, 0.6) is 0 Å². The zero-order valence-corrected chi connectivity index (χ0v) is 15.1. The van der Waals surface area contributed by atoms with Gasteiger partial charge in [-0.25, -0.2) is 0 Å². The largest absolute Gasteiger partial charge is 0.338 e. The average Bonchev–Trinajstić information content (AvgIpc) is 3.13. The van der Waals surface area contributed by atoms with Gasteiger partial charge in [-0.15, -0.1) is 0 Å². The van der Waals surface area contributed by atoms with Crippen LogP contribution in [0.2, 0.25) is 0 Å². The molecule has 0 saturated carbocycles. The summed E-state index contributed by atoms with van der Waals surface area (Å²) >= 11 is 0. The normalized spacial score (nSPS) is 17.6. The fourth-order valence-electron chi connectivity index (χ4n) is 3.06. The Bertz CT molecular complexity index is 723. The minimum Gasteiger partial charge on any atom is -0.338 e. The van der Waals surface area contributed by atoms with Gasteiger partial charge in [-0.1, -0.05) is 31.1 Å². The average molecular weight is 339 g/mol. The van der Waals surface area contributed by atoms with E-state index in [1.807, 2.05) is 24.3 Å². The van der Waals surface area contributed by atoms with Gasteiger partial charge in [0.25, 0.3) is 0 Å². The maximum Gasteiger partial charge on any atom is 0.243 e. The molecule has 132 valence electrons. The van der Waals surface area contributed by atoms with Crippen molar-refractivity contribution in [3.05, 3.63) is 47.1 Å². The van der Waals surface area contributed by atoms with Crippen LogP contribution in [-0.2, 0) is 6.54 Å². The van der Waals surface area contributed by atoms with Crippen LogP contribution >= 0.6 is 0 Å². The van der Waals surface area contributed by atoms with Crippen molar-refractivity contribution < 1.29 is 4.52 Å². The van der Waals surface area contributed by atoms with E-state index in [0.29, 0.717) is 11.5 Å². The summed E-state index contributed by atoms with van der Waals surface area (Å²) in [7, 11) is 0. The quantitative estimate of drug-likeness (QED) is 0.834. The van der Waals surface area contributed by atoms with Gasteiger partial charge in [0.05, 0.1) is 17.7 Å². The number of hydrogen-bond acceptors (Lipinski definition) is 6. The van der Waals surface area contributed by atoms with Crippen LogP contribution in [0.3, 0.4) is 0 Å². The molecule has 6 heteroatoms. The molecular formula is C19H25N5O. The van der Waals surface area contributed by atoms with Gasteiger partial charge < -0.3 is 4.52 Å². The standard InChI is InChI=1S/C19H25N5O/c1-14(2)18-21-19(25-22-18)15(3)24-10-8-23(9-11-24)13-17-6-4-16(12-20)5-7-17/h4-7,14-15H,8-11,13H2,1-3H3. The van der Waals surface area contributed by atoms with E-state index in [2.05, 4.69) is 46.8 Å². The predicted octanol–water partition coefficient (Wildman–Crippen LogP) is 2.94. The molecule has 25 heavy (non-hydrogen) atoms. The van der Waals surface area contributed by atoms with Gasteiger partial charge in [-0.3, -0.25) is 9.80 Å². The van der Waals surface area contributed by atoms with Crippen molar-refractivity contribution in [3.8, 4) is 6.07 Å². The number of benzene rings is 1. The molecule has 6 nitrogen and oxygen atoms in total. The summed E-state index contributed by atoms with van der Waals surface area (Å²) in [5.41, 5.74) is 1.96. The lowest BCUT2D eigenvalue weighted by Crippen LogP contribution is -2.46. The highest BCUT2D eigenvalue weighted by molar-refractivity contribution is 5.31. The van der Waals surface area contributed by atoms with Crippen molar-refractivity contribution in [1.29, 1.82) is 5.26 Å². The van der Waals surface area contributed by atoms with Gasteiger partial charge >= 0.3 is 0 Å². The summed E-state index contributed by atoms with van der Waals surface area (Å²) < 4.78 is 5.44. The van der Waals surface area contributed by atoms with Crippen molar-refractivity contribution in [2.24, 2.45) is 0 Å². The molecule has 0 amide bonds. The second-order valence-electron chi connectivity index (χ2n) is 6.94. The van der Waals surface area contributed by atoms with E-state index >= 15 is 0 Å². The lowest BCUT2D eigenvalue weighted by molar-refractivity contribution is 0.0845. The summed E-state index contributed by atoms with van der Waals surface area (Å²) in [6, 6.07) is 10.2. The van der Waals surface area contributed by atoms with Crippen molar-refractivity contribution in [2.45, 2.75) is 39.3 Å². The maximum atomic E-state index is 8.87. The third kappa shape index (κ3) is 4.25. The molecule has 2 aromatic rings. The molecule has 0 bridgehead atoms. The van der Waals surface area contributed by atoms with Crippen LogP contribution in [0.25, 0.3) is 0 Å². The number of nitrogens with zero attached hydrogens (tertiary/aromatic N) is 5. The zero-order valence-electron chi connectivity index (χ0n) is 15.1. The van der Waals surface area contributed by atoms with E-state index < -0.39 is 0 Å². The third-order valence-electron chi connectivity index (χ3n) is 4.78. The zero-order chi connectivity index (χ0) is 17.8. The lowest BCUT2D eigenvalue weighted by Gasteiger charge is -2.36. The molecule has 3 rings (SSSR count). The lowest BCUT2D eigenvalue weighted by atomic mass is 10.1. The third-order valence-corrected chi connectivity index (χ3v) is 4.78. The number of piperazine rings is 1. The van der Waals surface area contributed by atoms with Crippen LogP contribution in [0.4, 0.5) is 0 Å². The highest BCUT2D eigenvalue weighted by Crippen LogP contribution is 2.22. The molecular weight excluding hydrogens is 314 g/mol. The van der Waals surface area contributed by atoms with Crippen molar-refractivity contribution >= 4 is 0 Å². The summed E-state index contributed by atoms with van der Waals surface area (Å²) in [6.07, 6.45) is 0. The summed E-state index contributed by atoms with van der Waals surface area (Å²) in [6.45, 7) is 11.2. The molecule has 0 spiro atoms. The van der Waals surface area contributed by atoms with Gasteiger partial charge in [0.15, 0.2) is 5.82 Å². The summed E-state index contributed by atoms with van der Waals surface area (Å²) in [5.74, 6) is 1.78. The second-order valence-corrected chi connectivity index (χ2v) is 6.94. The van der Waals surface area contributed by atoms with Crippen molar-refractivity contribution in [2.75, 3.05) is 26.2 Å². The second kappa shape index (κ2) is 7.77. The Morgan fingerprint density at radius 3 is 2.36 bits per heavy atom. The Hall–Kier alpha value is -2.23. The molecule has 1 saturated heterocycles. The number of aromatic nitrogens is 2. The first-order valence-corrected chi connectivity index (χ1v) is 8.85. The number of nitriles is 1. The topological polar surface area (TPSA) is 69.2 Å². The highest BCUT2D eigenvalue weighted by Gasteiger charge is 2.26. The smallest absolute Gasteiger partial charge is 0.243 e. The Kier molecular flexibility index (Phi) is 5.47. The molecule has 2 heterocycles. The molecule has 1 atom stereocenters. The first-order valence-electron chi connectivity index (χ1n) is 8.85. The van der Waals surface area contributed by atoms with E-state index in [1.165, 1.54) is 5.56 Å². The van der Waals surface area contributed by atoms with Crippen molar-refractivity contribution in [3.63, 3.8) is 0 Å². The van der Waals surface area contributed by atoms with E-state index in [4.69, 9.17) is 9.78 Å². The van der Waals surface area contributed by atoms with E-state index in [0.717, 1.165) is 38.5 Å². The number of rotatable bonds is 5. The molecule has 1 aromatic carbocycles. The predicted molar refractivity (Wildman–Crippen MR) is 94.8 cm³/mol. The van der Waals surface area contributed by atoms with Gasteiger partial charge in [-0.05, 0) is 24.6 Å².